The molecule has 2 saturated heterocycles. The van der Waals surface area contributed by atoms with Crippen LogP contribution in [0.5, 0.6) is 0 Å². The number of rotatable bonds is 7. The summed E-state index contributed by atoms with van der Waals surface area (Å²) in [5.41, 5.74) is 3.75. The third-order valence-corrected chi connectivity index (χ3v) is 11.2. The van der Waals surface area contributed by atoms with Gasteiger partial charge < -0.3 is 4.74 Å². The second-order valence-electron chi connectivity index (χ2n) is 11.8. The number of fused-ring (bicyclic) bond motifs is 3. The van der Waals surface area contributed by atoms with Crippen LogP contribution in [0.4, 0.5) is 5.69 Å². The van der Waals surface area contributed by atoms with Crippen molar-refractivity contribution in [3.63, 3.8) is 0 Å². The van der Waals surface area contributed by atoms with Crippen molar-refractivity contribution in [1.29, 1.82) is 0 Å². The predicted molar refractivity (Wildman–Crippen MR) is 171 cm³/mol. The van der Waals surface area contributed by atoms with Gasteiger partial charge in [-0.15, -0.1) is 0 Å². The summed E-state index contributed by atoms with van der Waals surface area (Å²) < 4.78 is 37.8. The molecule has 3 aliphatic rings. The van der Waals surface area contributed by atoms with Crippen molar-refractivity contribution in [3.8, 4) is 0 Å². The van der Waals surface area contributed by atoms with E-state index in [-0.39, 0.29) is 23.1 Å². The Kier molecular flexibility index (Phi) is 7.42. The van der Waals surface area contributed by atoms with Crippen LogP contribution < -0.4 is 4.90 Å². The molecule has 5 atom stereocenters. The number of ether oxygens (including phenoxy) is 1. The van der Waals surface area contributed by atoms with Crippen LogP contribution in [0, 0.1) is 24.7 Å². The van der Waals surface area contributed by atoms with Gasteiger partial charge in [-0.05, 0) is 54.8 Å². The van der Waals surface area contributed by atoms with Gasteiger partial charge in [0.05, 0.1) is 46.9 Å². The number of nitrogens with zero attached hydrogens (tertiary/aromatic N) is 2. The van der Waals surface area contributed by atoms with Gasteiger partial charge in [0.2, 0.25) is 21.8 Å². The Labute approximate surface area is 263 Å². The molecule has 0 saturated carbocycles. The minimum Gasteiger partial charge on any atom is -0.498 e. The van der Waals surface area contributed by atoms with Gasteiger partial charge in [-0.25, -0.2) is 8.42 Å². The summed E-state index contributed by atoms with van der Waals surface area (Å²) >= 11 is 0. The Hall–Kier alpha value is -4.53. The lowest BCUT2D eigenvalue weighted by Crippen LogP contribution is -2.38. The summed E-state index contributed by atoms with van der Waals surface area (Å²) in [7, 11) is -4.14. The van der Waals surface area contributed by atoms with E-state index in [1.807, 2.05) is 80.6 Å². The molecule has 0 N–H and O–H groups in total. The molecular formula is C37H34N2O5S. The highest BCUT2D eigenvalue weighted by Gasteiger charge is 2.64. The van der Waals surface area contributed by atoms with Crippen molar-refractivity contribution in [2.45, 2.75) is 37.2 Å². The molecule has 45 heavy (non-hydrogen) atoms. The van der Waals surface area contributed by atoms with E-state index >= 15 is 0 Å². The fourth-order valence-electron chi connectivity index (χ4n) is 7.46. The number of amides is 2. The molecule has 2 fully saturated rings. The Bertz CT molecular complexity index is 1880. The Morgan fingerprint density at radius 1 is 0.733 bits per heavy atom. The van der Waals surface area contributed by atoms with Gasteiger partial charge in [-0.2, -0.15) is 4.31 Å². The first kappa shape index (κ1) is 29.2. The Balaban J connectivity index is 1.51. The molecule has 0 unspecified atom stereocenters. The molecule has 1 aliphatic carbocycles. The lowest BCUT2D eigenvalue weighted by atomic mass is 9.68. The summed E-state index contributed by atoms with van der Waals surface area (Å²) in [6, 6.07) is 33.3. The van der Waals surface area contributed by atoms with Gasteiger partial charge in [-0.1, -0.05) is 96.6 Å². The smallest absolute Gasteiger partial charge is 0.244 e. The molecule has 2 amide bonds. The van der Waals surface area contributed by atoms with E-state index < -0.39 is 39.9 Å². The SMILES string of the molecule is CCOC1=C2[C@H]([C@H]3C(=O)N(c4ccccc4)C(=O)[C@H]3C1)[C@@H](c1ccccc1)N(S(=O)(=O)c1ccc(C)cc1)[C@H]2c1ccccc1. The number of anilines is 1. The topological polar surface area (TPSA) is 84.0 Å². The third-order valence-electron chi connectivity index (χ3n) is 9.30. The number of hydrogen-bond donors (Lipinski definition) is 0. The van der Waals surface area contributed by atoms with E-state index in [9.17, 15) is 18.0 Å². The first-order valence-corrected chi connectivity index (χ1v) is 16.8. The second kappa shape index (κ2) is 11.4. The zero-order chi connectivity index (χ0) is 31.3. The van der Waals surface area contributed by atoms with Crippen molar-refractivity contribution in [1.82, 2.24) is 4.31 Å². The quantitative estimate of drug-likeness (QED) is 0.218. The predicted octanol–water partition coefficient (Wildman–Crippen LogP) is 6.60. The Morgan fingerprint density at radius 3 is 1.91 bits per heavy atom. The van der Waals surface area contributed by atoms with Gasteiger partial charge >= 0.3 is 0 Å². The molecule has 0 radical (unpaired) electrons. The number of benzene rings is 4. The summed E-state index contributed by atoms with van der Waals surface area (Å²) in [4.78, 5) is 30.1. The minimum absolute atomic E-state index is 0.170. The molecule has 2 heterocycles. The van der Waals surface area contributed by atoms with Crippen molar-refractivity contribution < 1.29 is 22.7 Å². The average molecular weight is 619 g/mol. The summed E-state index contributed by atoms with van der Waals surface area (Å²) in [5.74, 6) is -2.09. The summed E-state index contributed by atoms with van der Waals surface area (Å²) in [6.07, 6.45) is 0.224. The first-order chi connectivity index (χ1) is 21.8. The van der Waals surface area contributed by atoms with Crippen LogP contribution in [-0.2, 0) is 24.3 Å². The molecule has 2 aliphatic heterocycles. The normalized spacial score (nSPS) is 24.9. The molecule has 4 aromatic carbocycles. The molecule has 8 heteroatoms. The van der Waals surface area contributed by atoms with E-state index in [4.69, 9.17) is 4.74 Å². The number of carbonyl (C=O) groups is 2. The van der Waals surface area contributed by atoms with E-state index in [1.54, 1.807) is 52.8 Å². The van der Waals surface area contributed by atoms with Crippen LogP contribution in [0.1, 0.15) is 42.1 Å². The molecule has 4 aromatic rings. The van der Waals surface area contributed by atoms with Gasteiger partial charge in [-0.3, -0.25) is 14.5 Å². The highest BCUT2D eigenvalue weighted by atomic mass is 32.2. The van der Waals surface area contributed by atoms with Gasteiger partial charge in [0.15, 0.2) is 0 Å². The maximum Gasteiger partial charge on any atom is 0.244 e. The summed E-state index contributed by atoms with van der Waals surface area (Å²) in [6.45, 7) is 4.14. The average Bonchev–Trinajstić information content (AvgIpc) is 3.55. The summed E-state index contributed by atoms with van der Waals surface area (Å²) in [5, 5.41) is 0. The number of aryl methyl sites for hydroxylation is 1. The van der Waals surface area contributed by atoms with Crippen LogP contribution in [0.2, 0.25) is 0 Å². The molecule has 0 aromatic heterocycles. The highest BCUT2D eigenvalue weighted by Crippen LogP contribution is 2.62. The maximum atomic E-state index is 14.9. The first-order valence-electron chi connectivity index (χ1n) is 15.3. The van der Waals surface area contributed by atoms with Crippen LogP contribution in [0.25, 0.3) is 0 Å². The molecule has 0 bridgehead atoms. The van der Waals surface area contributed by atoms with Crippen LogP contribution in [0.3, 0.4) is 0 Å². The van der Waals surface area contributed by atoms with Gasteiger partial charge in [0.25, 0.3) is 0 Å². The second-order valence-corrected chi connectivity index (χ2v) is 13.7. The fourth-order valence-corrected chi connectivity index (χ4v) is 9.24. The van der Waals surface area contributed by atoms with Gasteiger partial charge in [0, 0.05) is 12.3 Å². The van der Waals surface area contributed by atoms with Crippen molar-refractivity contribution in [3.05, 3.63) is 143 Å². The molecular weight excluding hydrogens is 584 g/mol. The van der Waals surface area contributed by atoms with E-state index in [1.165, 1.54) is 4.90 Å². The molecule has 7 rings (SSSR count). The molecule has 0 spiro atoms. The van der Waals surface area contributed by atoms with E-state index in [0.717, 1.165) is 22.3 Å². The highest BCUT2D eigenvalue weighted by molar-refractivity contribution is 7.89. The van der Waals surface area contributed by atoms with Crippen LogP contribution in [0.15, 0.2) is 131 Å². The van der Waals surface area contributed by atoms with Crippen molar-refractivity contribution in [2.75, 3.05) is 11.5 Å². The van der Waals surface area contributed by atoms with E-state index in [0.29, 0.717) is 18.1 Å². The lowest BCUT2D eigenvalue weighted by Gasteiger charge is -2.34. The number of para-hydroxylation sites is 1. The number of hydrogen-bond acceptors (Lipinski definition) is 5. The van der Waals surface area contributed by atoms with E-state index in [2.05, 4.69) is 0 Å². The zero-order valence-electron chi connectivity index (χ0n) is 25.1. The number of imide groups is 1. The number of carbonyl (C=O) groups excluding carboxylic acids is 2. The molecule has 228 valence electrons. The minimum atomic E-state index is -4.14. The number of sulfonamides is 1. The molecule has 7 nitrogen and oxygen atoms in total. The largest absolute Gasteiger partial charge is 0.498 e. The fraction of sp³-hybridized carbons (Fsp3) is 0.243. The Morgan fingerprint density at radius 2 is 1.31 bits per heavy atom. The van der Waals surface area contributed by atoms with Gasteiger partial charge in [0.1, 0.15) is 0 Å². The van der Waals surface area contributed by atoms with Crippen LogP contribution >= 0.6 is 0 Å². The monoisotopic (exact) mass is 618 g/mol. The maximum absolute atomic E-state index is 14.9. The van der Waals surface area contributed by atoms with Crippen molar-refractivity contribution in [2.24, 2.45) is 17.8 Å². The zero-order valence-corrected chi connectivity index (χ0v) is 25.9. The lowest BCUT2D eigenvalue weighted by molar-refractivity contribution is -0.123. The van der Waals surface area contributed by atoms with Crippen LogP contribution in [-0.4, -0.2) is 31.1 Å². The van der Waals surface area contributed by atoms with Crippen molar-refractivity contribution >= 4 is 27.5 Å². The number of allylic oxidation sites excluding steroid dienone is 1. The standard InChI is InChI=1S/C37H34N2O5S/c1-3-44-30-23-29-31(37(41)38(36(29)40)27-17-11-6-12-18-27)33-32(30)34(25-13-7-4-8-14-25)39(35(33)26-15-9-5-10-16-26)45(42,43)28-21-19-24(2)20-22-28/h4-22,29,31,33-35H,3,23H2,1-2H3/t29-,31-,33-,34-,35+/m0/s1. The third kappa shape index (κ3) is 4.71.